The van der Waals surface area contributed by atoms with Gasteiger partial charge in [-0.3, -0.25) is 10.1 Å². The third-order valence-electron chi connectivity index (χ3n) is 3.01. The number of methoxy groups -OCH3 is 1. The number of ether oxygens (including phenoxy) is 2. The van der Waals surface area contributed by atoms with Crippen LogP contribution < -0.4 is 4.90 Å². The average Bonchev–Trinajstić information content (AvgIpc) is 2.46. The summed E-state index contributed by atoms with van der Waals surface area (Å²) in [5.74, 6) is -0.501. The van der Waals surface area contributed by atoms with Gasteiger partial charge in [-0.05, 0) is 12.1 Å². The smallest absolute Gasteiger partial charge is 0.336 e. The number of nitro groups is 1. The predicted octanol–water partition coefficient (Wildman–Crippen LogP) is 1.63. The molecule has 108 valence electrons. The van der Waals surface area contributed by atoms with E-state index in [1.165, 1.54) is 25.3 Å². The molecule has 1 saturated heterocycles. The van der Waals surface area contributed by atoms with E-state index < -0.39 is 17.0 Å². The van der Waals surface area contributed by atoms with E-state index in [2.05, 4.69) is 4.74 Å². The van der Waals surface area contributed by atoms with Crippen molar-refractivity contribution in [3.8, 4) is 0 Å². The molecule has 7 nitrogen and oxygen atoms in total. The molecule has 1 atom stereocenters. The Bertz CT molecular complexity index is 537. The summed E-state index contributed by atoms with van der Waals surface area (Å²) in [5.41, 5.74) is 0.319. The summed E-state index contributed by atoms with van der Waals surface area (Å²) in [6.07, 6.45) is -0.757. The molecule has 0 N–H and O–H groups in total. The van der Waals surface area contributed by atoms with E-state index in [4.69, 9.17) is 16.3 Å². The number of carbonyl (C=O) groups excluding carboxylic acids is 1. The zero-order chi connectivity index (χ0) is 14.7. The number of nitro benzene ring substituents is 1. The van der Waals surface area contributed by atoms with Gasteiger partial charge in [0.25, 0.3) is 5.69 Å². The second-order valence-electron chi connectivity index (χ2n) is 4.22. The van der Waals surface area contributed by atoms with E-state index >= 15 is 0 Å². The van der Waals surface area contributed by atoms with E-state index in [1.807, 2.05) is 0 Å². The average molecular weight is 301 g/mol. The van der Waals surface area contributed by atoms with E-state index in [9.17, 15) is 14.9 Å². The quantitative estimate of drug-likeness (QED) is 0.479. The third-order valence-corrected chi connectivity index (χ3v) is 3.24. The van der Waals surface area contributed by atoms with Crippen LogP contribution in [0.4, 0.5) is 11.4 Å². The van der Waals surface area contributed by atoms with Crippen LogP contribution >= 0.6 is 11.6 Å². The molecule has 1 heterocycles. The van der Waals surface area contributed by atoms with Gasteiger partial charge in [-0.25, -0.2) is 4.79 Å². The van der Waals surface area contributed by atoms with Crippen molar-refractivity contribution < 1.29 is 19.2 Å². The number of esters is 1. The van der Waals surface area contributed by atoms with E-state index in [-0.39, 0.29) is 18.8 Å². The largest absolute Gasteiger partial charge is 0.467 e. The molecule has 0 amide bonds. The van der Waals surface area contributed by atoms with E-state index in [0.717, 1.165) is 0 Å². The minimum Gasteiger partial charge on any atom is -0.467 e. The predicted molar refractivity (Wildman–Crippen MR) is 72.1 cm³/mol. The van der Waals surface area contributed by atoms with Crippen LogP contribution in [0.5, 0.6) is 0 Å². The van der Waals surface area contributed by atoms with Crippen molar-refractivity contribution in [1.29, 1.82) is 0 Å². The Labute approximate surface area is 120 Å². The van der Waals surface area contributed by atoms with Gasteiger partial charge in [0, 0.05) is 17.6 Å². The third kappa shape index (κ3) is 3.00. The van der Waals surface area contributed by atoms with Gasteiger partial charge < -0.3 is 14.4 Å². The van der Waals surface area contributed by atoms with Gasteiger partial charge in [0.1, 0.15) is 5.69 Å². The molecule has 20 heavy (non-hydrogen) atoms. The number of anilines is 1. The number of morpholine rings is 1. The molecule has 0 radical (unpaired) electrons. The van der Waals surface area contributed by atoms with Gasteiger partial charge in [-0.15, -0.1) is 0 Å². The monoisotopic (exact) mass is 300 g/mol. The molecule has 0 aromatic heterocycles. The summed E-state index contributed by atoms with van der Waals surface area (Å²) in [6.45, 7) is 0.909. The van der Waals surface area contributed by atoms with E-state index in [1.54, 1.807) is 4.90 Å². The van der Waals surface area contributed by atoms with Crippen molar-refractivity contribution in [2.45, 2.75) is 6.10 Å². The Morgan fingerprint density at radius 2 is 2.35 bits per heavy atom. The van der Waals surface area contributed by atoms with Crippen molar-refractivity contribution in [2.24, 2.45) is 0 Å². The molecule has 0 bridgehead atoms. The summed E-state index contributed by atoms with van der Waals surface area (Å²) >= 11 is 5.89. The molecular weight excluding hydrogens is 288 g/mol. The first kappa shape index (κ1) is 14.5. The maximum atomic E-state index is 11.5. The molecule has 2 rings (SSSR count). The van der Waals surface area contributed by atoms with Crippen molar-refractivity contribution >= 4 is 28.9 Å². The van der Waals surface area contributed by atoms with E-state index in [0.29, 0.717) is 17.3 Å². The molecule has 1 aromatic rings. The van der Waals surface area contributed by atoms with Crippen LogP contribution in [0.25, 0.3) is 0 Å². The lowest BCUT2D eigenvalue weighted by Gasteiger charge is -2.32. The normalized spacial score (nSPS) is 18.7. The number of nitrogens with zero attached hydrogens (tertiary/aromatic N) is 2. The summed E-state index contributed by atoms with van der Waals surface area (Å²) in [4.78, 5) is 23.8. The fourth-order valence-corrected chi connectivity index (χ4v) is 2.21. The Kier molecular flexibility index (Phi) is 4.41. The first-order valence-corrected chi connectivity index (χ1v) is 6.29. The molecule has 1 aromatic carbocycles. The minimum absolute atomic E-state index is 0.0556. The molecule has 1 fully saturated rings. The number of rotatable bonds is 3. The number of hydrogen-bond donors (Lipinski definition) is 0. The first-order chi connectivity index (χ1) is 9.52. The van der Waals surface area contributed by atoms with Gasteiger partial charge in [-0.2, -0.15) is 0 Å². The molecule has 0 aliphatic carbocycles. The van der Waals surface area contributed by atoms with Crippen molar-refractivity contribution in [3.05, 3.63) is 33.3 Å². The van der Waals surface area contributed by atoms with Crippen molar-refractivity contribution in [2.75, 3.05) is 31.7 Å². The second-order valence-corrected chi connectivity index (χ2v) is 4.66. The van der Waals surface area contributed by atoms with Crippen LogP contribution in [-0.4, -0.2) is 43.8 Å². The number of hydrogen-bond acceptors (Lipinski definition) is 6. The van der Waals surface area contributed by atoms with Gasteiger partial charge in [0.2, 0.25) is 0 Å². The first-order valence-electron chi connectivity index (χ1n) is 5.91. The van der Waals surface area contributed by atoms with Crippen LogP contribution in [0.15, 0.2) is 18.2 Å². The molecule has 0 saturated carbocycles. The highest BCUT2D eigenvalue weighted by atomic mass is 35.5. The lowest BCUT2D eigenvalue weighted by atomic mass is 10.2. The SMILES string of the molecule is COC(=O)C1CN(c2cc(Cl)ccc2[N+](=O)[O-])CCO1. The molecule has 8 heteroatoms. The summed E-state index contributed by atoms with van der Waals surface area (Å²) in [5, 5.41) is 11.5. The molecular formula is C12H13ClN2O5. The molecule has 1 aliphatic rings. The topological polar surface area (TPSA) is 81.9 Å². The van der Waals surface area contributed by atoms with Gasteiger partial charge in [0.05, 0.1) is 25.2 Å². The lowest BCUT2D eigenvalue weighted by molar-refractivity contribution is -0.384. The maximum Gasteiger partial charge on any atom is 0.336 e. The highest BCUT2D eigenvalue weighted by Crippen LogP contribution is 2.32. The van der Waals surface area contributed by atoms with Crippen LogP contribution in [0.3, 0.4) is 0 Å². The Balaban J connectivity index is 2.28. The zero-order valence-corrected chi connectivity index (χ0v) is 11.5. The Hall–Kier alpha value is -1.86. The summed E-state index contributed by atoms with van der Waals surface area (Å²) < 4.78 is 9.92. The highest BCUT2D eigenvalue weighted by molar-refractivity contribution is 6.31. The van der Waals surface area contributed by atoms with Gasteiger partial charge in [-0.1, -0.05) is 11.6 Å². The number of carbonyl (C=O) groups is 1. The fourth-order valence-electron chi connectivity index (χ4n) is 2.05. The van der Waals surface area contributed by atoms with Crippen molar-refractivity contribution in [3.63, 3.8) is 0 Å². The lowest BCUT2D eigenvalue weighted by Crippen LogP contribution is -2.46. The standard InChI is InChI=1S/C12H13ClN2O5/c1-19-12(16)11-7-14(4-5-20-11)10-6-8(13)2-3-9(10)15(17)18/h2-3,6,11H,4-5,7H2,1H3. The van der Waals surface area contributed by atoms with Gasteiger partial charge >= 0.3 is 5.97 Å². The molecule has 1 aliphatic heterocycles. The van der Waals surface area contributed by atoms with Crippen LogP contribution in [0.2, 0.25) is 5.02 Å². The highest BCUT2D eigenvalue weighted by Gasteiger charge is 2.30. The fraction of sp³-hybridized carbons (Fsp3) is 0.417. The number of halogens is 1. The Morgan fingerprint density at radius 3 is 3.00 bits per heavy atom. The van der Waals surface area contributed by atoms with Crippen LogP contribution in [0, 0.1) is 10.1 Å². The number of benzene rings is 1. The van der Waals surface area contributed by atoms with Crippen molar-refractivity contribution in [1.82, 2.24) is 0 Å². The molecule has 0 spiro atoms. The summed E-state index contributed by atoms with van der Waals surface area (Å²) in [6, 6.07) is 4.32. The second kappa shape index (κ2) is 6.06. The summed E-state index contributed by atoms with van der Waals surface area (Å²) in [7, 11) is 1.27. The molecule has 1 unspecified atom stereocenters. The van der Waals surface area contributed by atoms with Crippen LogP contribution in [0.1, 0.15) is 0 Å². The van der Waals surface area contributed by atoms with Gasteiger partial charge in [0.15, 0.2) is 6.10 Å². The minimum atomic E-state index is -0.757. The van der Waals surface area contributed by atoms with Crippen LogP contribution in [-0.2, 0) is 14.3 Å². The maximum absolute atomic E-state index is 11.5. The zero-order valence-electron chi connectivity index (χ0n) is 10.7. The Morgan fingerprint density at radius 1 is 1.60 bits per heavy atom.